The lowest BCUT2D eigenvalue weighted by Gasteiger charge is -2.02. The number of hydrogen-bond donors (Lipinski definition) is 4. The van der Waals surface area contributed by atoms with Crippen molar-refractivity contribution in [1.29, 1.82) is 0 Å². The predicted molar refractivity (Wildman–Crippen MR) is 89.2 cm³/mol. The molecule has 0 aliphatic carbocycles. The first-order valence-electron chi connectivity index (χ1n) is 7.33. The molecule has 3 aromatic rings. The maximum atomic E-state index is 10.8. The number of aromatic nitrogens is 5. The van der Waals surface area contributed by atoms with Crippen LogP contribution >= 0.6 is 0 Å². The van der Waals surface area contributed by atoms with Crippen LogP contribution in [0.2, 0.25) is 0 Å². The van der Waals surface area contributed by atoms with Gasteiger partial charge in [-0.05, 0) is 31.2 Å². The lowest BCUT2D eigenvalue weighted by Crippen LogP contribution is -2.19. The molecule has 0 unspecified atom stereocenters. The lowest BCUT2D eigenvalue weighted by atomic mass is 10.1. The Morgan fingerprint density at radius 1 is 1.38 bits per heavy atom. The van der Waals surface area contributed by atoms with Crippen LogP contribution in [0.25, 0.3) is 22.3 Å². The van der Waals surface area contributed by atoms with Crippen LogP contribution in [-0.4, -0.2) is 36.6 Å². The Morgan fingerprint density at radius 3 is 2.96 bits per heavy atom. The van der Waals surface area contributed by atoms with Crippen LogP contribution < -0.4 is 5.32 Å². The molecular formula is C16H16N6O2. The largest absolute Gasteiger partial charge is 0.465 e. The van der Waals surface area contributed by atoms with Crippen molar-refractivity contribution < 1.29 is 9.90 Å². The molecule has 1 aromatic carbocycles. The molecule has 24 heavy (non-hydrogen) atoms. The molecule has 8 nitrogen and oxygen atoms in total. The molecule has 0 aliphatic rings. The van der Waals surface area contributed by atoms with E-state index < -0.39 is 6.09 Å². The first-order chi connectivity index (χ1) is 11.7. The second-order valence-corrected chi connectivity index (χ2v) is 5.06. The topological polar surface area (TPSA) is 120 Å². The second-order valence-electron chi connectivity index (χ2n) is 5.06. The van der Waals surface area contributed by atoms with E-state index in [-0.39, 0.29) is 0 Å². The van der Waals surface area contributed by atoms with Crippen molar-refractivity contribution in [3.05, 3.63) is 54.1 Å². The van der Waals surface area contributed by atoms with Gasteiger partial charge in [0.1, 0.15) is 6.33 Å². The summed E-state index contributed by atoms with van der Waals surface area (Å²) in [7, 11) is 0. The standard InChI is InChI=1S/C16H16N6O2/c1-2-3-11(19-16(23)24)5-7-14-12-8-10(15-17-9-18-22-15)4-6-13(12)20-21-14/h2-6,8-9,19H,7H2,1H3,(H,20,21)(H,23,24)(H,17,18,22)/b3-2-,11-5+. The Labute approximate surface area is 137 Å². The maximum absolute atomic E-state index is 10.8. The monoisotopic (exact) mass is 324 g/mol. The van der Waals surface area contributed by atoms with E-state index >= 15 is 0 Å². The summed E-state index contributed by atoms with van der Waals surface area (Å²) in [5.74, 6) is 0.682. The summed E-state index contributed by atoms with van der Waals surface area (Å²) >= 11 is 0. The normalized spacial score (nSPS) is 12.1. The SMILES string of the molecule is C/C=C\C(=C/Cc1[nH]nc2ccc(-c3ncn[nH]3)cc12)NC(=O)O. The number of nitrogens with one attached hydrogen (secondary N) is 3. The Kier molecular flexibility index (Phi) is 4.37. The van der Waals surface area contributed by atoms with Crippen LogP contribution in [0, 0.1) is 0 Å². The van der Waals surface area contributed by atoms with E-state index in [0.717, 1.165) is 22.2 Å². The van der Waals surface area contributed by atoms with Crippen LogP contribution in [0.4, 0.5) is 4.79 Å². The van der Waals surface area contributed by atoms with Crippen LogP contribution in [0.1, 0.15) is 12.6 Å². The van der Waals surface area contributed by atoms with E-state index in [0.29, 0.717) is 17.9 Å². The molecule has 1 amide bonds. The van der Waals surface area contributed by atoms with Gasteiger partial charge in [0.15, 0.2) is 5.82 Å². The average molecular weight is 324 g/mol. The molecule has 0 spiro atoms. The van der Waals surface area contributed by atoms with Crippen LogP contribution in [-0.2, 0) is 6.42 Å². The summed E-state index contributed by atoms with van der Waals surface area (Å²) in [6.45, 7) is 1.83. The molecule has 0 radical (unpaired) electrons. The number of benzene rings is 1. The molecule has 8 heteroatoms. The number of aromatic amines is 2. The van der Waals surface area contributed by atoms with Gasteiger partial charge >= 0.3 is 6.09 Å². The van der Waals surface area contributed by atoms with Gasteiger partial charge in [0, 0.05) is 28.8 Å². The van der Waals surface area contributed by atoms with Crippen molar-refractivity contribution in [2.75, 3.05) is 0 Å². The number of rotatable bonds is 5. The van der Waals surface area contributed by atoms with Gasteiger partial charge in [-0.3, -0.25) is 15.5 Å². The molecule has 122 valence electrons. The van der Waals surface area contributed by atoms with Crippen LogP contribution in [0.3, 0.4) is 0 Å². The number of nitrogens with zero attached hydrogens (tertiary/aromatic N) is 3. The van der Waals surface area contributed by atoms with E-state index in [1.165, 1.54) is 6.33 Å². The van der Waals surface area contributed by atoms with E-state index in [1.807, 2.05) is 25.1 Å². The van der Waals surface area contributed by atoms with E-state index in [1.54, 1.807) is 18.2 Å². The van der Waals surface area contributed by atoms with Crippen molar-refractivity contribution in [1.82, 2.24) is 30.7 Å². The van der Waals surface area contributed by atoms with Gasteiger partial charge in [-0.25, -0.2) is 9.78 Å². The number of H-pyrrole nitrogens is 2. The summed E-state index contributed by atoms with van der Waals surface area (Å²) in [5, 5.41) is 26.1. The fraction of sp³-hybridized carbons (Fsp3) is 0.125. The fourth-order valence-corrected chi connectivity index (χ4v) is 2.39. The zero-order valence-corrected chi connectivity index (χ0v) is 12.9. The summed E-state index contributed by atoms with van der Waals surface area (Å²) in [6.07, 6.45) is 6.14. The lowest BCUT2D eigenvalue weighted by molar-refractivity contribution is 0.198. The smallest absolute Gasteiger partial charge is 0.409 e. The quantitative estimate of drug-likeness (QED) is 0.538. The zero-order valence-electron chi connectivity index (χ0n) is 12.9. The van der Waals surface area contributed by atoms with Crippen molar-refractivity contribution >= 4 is 17.0 Å². The first kappa shape index (κ1) is 15.5. The highest BCUT2D eigenvalue weighted by Gasteiger charge is 2.08. The number of allylic oxidation sites excluding steroid dienone is 3. The number of amides is 1. The van der Waals surface area contributed by atoms with Gasteiger partial charge in [0.05, 0.1) is 5.52 Å². The van der Waals surface area contributed by atoms with Crippen LogP contribution in [0.5, 0.6) is 0 Å². The Bertz CT molecular complexity index is 908. The third-order valence-electron chi connectivity index (χ3n) is 3.45. The molecule has 0 saturated carbocycles. The summed E-state index contributed by atoms with van der Waals surface area (Å²) < 4.78 is 0. The van der Waals surface area contributed by atoms with E-state index in [2.05, 4.69) is 30.7 Å². The minimum Gasteiger partial charge on any atom is -0.465 e. The highest BCUT2D eigenvalue weighted by Crippen LogP contribution is 2.23. The van der Waals surface area contributed by atoms with Crippen LogP contribution in [0.15, 0.2) is 48.5 Å². The van der Waals surface area contributed by atoms with Gasteiger partial charge < -0.3 is 5.11 Å². The van der Waals surface area contributed by atoms with Crippen molar-refractivity contribution in [3.63, 3.8) is 0 Å². The molecule has 3 rings (SSSR count). The maximum Gasteiger partial charge on any atom is 0.409 e. The summed E-state index contributed by atoms with van der Waals surface area (Å²) in [5.41, 5.74) is 3.14. The van der Waals surface area contributed by atoms with Crippen molar-refractivity contribution in [2.24, 2.45) is 0 Å². The number of carboxylic acid groups (broad SMARTS) is 1. The first-order valence-corrected chi connectivity index (χ1v) is 7.33. The van der Waals surface area contributed by atoms with E-state index in [4.69, 9.17) is 5.11 Å². The van der Waals surface area contributed by atoms with Gasteiger partial charge in [-0.2, -0.15) is 10.2 Å². The molecule has 0 bridgehead atoms. The third-order valence-corrected chi connectivity index (χ3v) is 3.45. The molecule has 0 atom stereocenters. The fourth-order valence-electron chi connectivity index (χ4n) is 2.39. The van der Waals surface area contributed by atoms with Gasteiger partial charge in [0.2, 0.25) is 0 Å². The highest BCUT2D eigenvalue weighted by molar-refractivity contribution is 5.85. The van der Waals surface area contributed by atoms with Crippen molar-refractivity contribution in [2.45, 2.75) is 13.3 Å². The number of hydrogen-bond acceptors (Lipinski definition) is 4. The summed E-state index contributed by atoms with van der Waals surface area (Å²) in [6, 6.07) is 5.79. The predicted octanol–water partition coefficient (Wildman–Crippen LogP) is 2.62. The Morgan fingerprint density at radius 2 is 2.25 bits per heavy atom. The average Bonchev–Trinajstić information content (AvgIpc) is 3.21. The molecule has 0 fully saturated rings. The second kappa shape index (κ2) is 6.78. The number of carbonyl (C=O) groups is 1. The van der Waals surface area contributed by atoms with Gasteiger partial charge in [-0.15, -0.1) is 0 Å². The minimum absolute atomic E-state index is 0.510. The number of fused-ring (bicyclic) bond motifs is 1. The zero-order chi connectivity index (χ0) is 16.9. The molecule has 2 aromatic heterocycles. The minimum atomic E-state index is -1.10. The highest BCUT2D eigenvalue weighted by atomic mass is 16.4. The van der Waals surface area contributed by atoms with E-state index in [9.17, 15) is 4.79 Å². The molecular weight excluding hydrogens is 308 g/mol. The molecule has 0 saturated heterocycles. The van der Waals surface area contributed by atoms with Gasteiger partial charge in [0.25, 0.3) is 0 Å². The molecule has 4 N–H and O–H groups in total. The summed E-state index contributed by atoms with van der Waals surface area (Å²) in [4.78, 5) is 15.0. The Hall–Kier alpha value is -3.42. The third kappa shape index (κ3) is 3.32. The molecule has 0 aliphatic heterocycles. The van der Waals surface area contributed by atoms with Gasteiger partial charge in [-0.1, -0.05) is 12.2 Å². The molecule has 2 heterocycles. The van der Waals surface area contributed by atoms with Crippen molar-refractivity contribution in [3.8, 4) is 11.4 Å². The Balaban J connectivity index is 1.91.